The summed E-state index contributed by atoms with van der Waals surface area (Å²) in [6.45, 7) is 5.67. The molecule has 3 aliphatic rings. The van der Waals surface area contributed by atoms with Gasteiger partial charge in [-0.3, -0.25) is 24.3 Å². The molecular formula is C27H23F2N5O3S. The van der Waals surface area contributed by atoms with Crippen molar-refractivity contribution in [3.05, 3.63) is 46.1 Å². The summed E-state index contributed by atoms with van der Waals surface area (Å²) >= 11 is 1.33. The minimum absolute atomic E-state index is 0.112. The number of alkyl halides is 2. The number of aryl methyl sites for hydroxylation is 1. The van der Waals surface area contributed by atoms with E-state index in [9.17, 15) is 28.4 Å². The Bertz CT molecular complexity index is 1580. The molecule has 2 saturated carbocycles. The van der Waals surface area contributed by atoms with E-state index in [4.69, 9.17) is 0 Å². The van der Waals surface area contributed by atoms with Crippen molar-refractivity contribution in [2.75, 3.05) is 0 Å². The maximum absolute atomic E-state index is 13.3. The first-order valence-corrected chi connectivity index (χ1v) is 13.1. The van der Waals surface area contributed by atoms with Gasteiger partial charge >= 0.3 is 0 Å². The monoisotopic (exact) mass is 535 g/mol. The van der Waals surface area contributed by atoms with Crippen molar-refractivity contribution in [3.8, 4) is 17.3 Å². The Hall–Kier alpha value is -3.78. The zero-order valence-electron chi connectivity index (χ0n) is 20.8. The number of nitrogens with one attached hydrogen (secondary N) is 1. The molecule has 4 heterocycles. The van der Waals surface area contributed by atoms with Gasteiger partial charge in [0.2, 0.25) is 11.8 Å². The summed E-state index contributed by atoms with van der Waals surface area (Å²) in [7, 11) is 0. The predicted octanol–water partition coefficient (Wildman–Crippen LogP) is 4.21. The minimum atomic E-state index is -2.78. The Morgan fingerprint density at radius 1 is 1.24 bits per heavy atom. The Kier molecular flexibility index (Phi) is 5.24. The molecule has 3 aromatic heterocycles. The van der Waals surface area contributed by atoms with Crippen LogP contribution < -0.4 is 5.32 Å². The number of aromatic nitrogens is 2. The summed E-state index contributed by atoms with van der Waals surface area (Å²) in [6, 6.07) is 6.34. The smallest absolute Gasteiger partial charge is 0.253 e. The summed E-state index contributed by atoms with van der Waals surface area (Å²) in [5.41, 5.74) is 1.92. The number of piperidine rings is 1. The van der Waals surface area contributed by atoms with Gasteiger partial charge in [-0.15, -0.1) is 11.3 Å². The fraction of sp³-hybridized carbons (Fsp3) is 0.407. The highest BCUT2D eigenvalue weighted by Gasteiger charge is 2.72. The summed E-state index contributed by atoms with van der Waals surface area (Å²) in [5, 5.41) is 12.2. The zero-order chi connectivity index (χ0) is 27.1. The number of halogens is 2. The fourth-order valence-electron chi connectivity index (χ4n) is 5.80. The molecule has 3 amide bonds. The van der Waals surface area contributed by atoms with Crippen LogP contribution in [0.2, 0.25) is 0 Å². The van der Waals surface area contributed by atoms with Gasteiger partial charge in [0, 0.05) is 35.5 Å². The van der Waals surface area contributed by atoms with Crippen molar-refractivity contribution in [1.82, 2.24) is 20.2 Å². The van der Waals surface area contributed by atoms with E-state index in [1.165, 1.54) is 22.3 Å². The molecule has 2 aliphatic carbocycles. The third-order valence-corrected chi connectivity index (χ3v) is 9.05. The van der Waals surface area contributed by atoms with Gasteiger partial charge < -0.3 is 5.32 Å². The van der Waals surface area contributed by atoms with Gasteiger partial charge in [-0.25, -0.2) is 13.8 Å². The van der Waals surface area contributed by atoms with Crippen molar-refractivity contribution >= 4 is 39.3 Å². The molecule has 1 saturated heterocycles. The largest absolute Gasteiger partial charge is 0.349 e. The average molecular weight is 536 g/mol. The molecule has 1 N–H and O–H groups in total. The molecule has 8 nitrogen and oxygen atoms in total. The van der Waals surface area contributed by atoms with Crippen molar-refractivity contribution in [2.24, 2.45) is 17.3 Å². The van der Waals surface area contributed by atoms with Gasteiger partial charge in [-0.2, -0.15) is 5.26 Å². The molecule has 0 radical (unpaired) electrons. The maximum atomic E-state index is 13.3. The number of thiophene rings is 1. The number of rotatable bonds is 5. The highest BCUT2D eigenvalue weighted by atomic mass is 32.1. The molecule has 0 spiro atoms. The number of hydrogen-bond donors (Lipinski definition) is 1. The lowest BCUT2D eigenvalue weighted by Gasteiger charge is -2.35. The van der Waals surface area contributed by atoms with E-state index < -0.39 is 30.7 Å². The van der Waals surface area contributed by atoms with Crippen molar-refractivity contribution in [3.63, 3.8) is 0 Å². The Balaban J connectivity index is 1.36. The van der Waals surface area contributed by atoms with Crippen molar-refractivity contribution < 1.29 is 23.2 Å². The SMILES string of the molecule is Cc1cc(C#N)nc(-c2ccnc3cc(CN4C(=O)C5C(C4=O)C5(C)C)sc23)c1C(=O)NC1CC(F)(F)C1. The molecule has 11 heteroatoms. The lowest BCUT2D eigenvalue weighted by Crippen LogP contribution is -2.50. The van der Waals surface area contributed by atoms with Crippen LogP contribution in [-0.4, -0.2) is 44.6 Å². The van der Waals surface area contributed by atoms with Gasteiger partial charge in [0.1, 0.15) is 11.8 Å². The molecule has 0 bridgehead atoms. The molecule has 3 aromatic rings. The number of carbonyl (C=O) groups is 3. The summed E-state index contributed by atoms with van der Waals surface area (Å²) < 4.78 is 27.4. The van der Waals surface area contributed by atoms with Crippen LogP contribution in [0.15, 0.2) is 24.4 Å². The number of pyridine rings is 2. The molecule has 6 rings (SSSR count). The Labute approximate surface area is 220 Å². The molecule has 3 fully saturated rings. The molecule has 38 heavy (non-hydrogen) atoms. The number of fused-ring (bicyclic) bond motifs is 2. The van der Waals surface area contributed by atoms with Crippen molar-refractivity contribution in [2.45, 2.75) is 52.1 Å². The number of carbonyl (C=O) groups excluding carboxylic acids is 3. The van der Waals surface area contributed by atoms with Crippen LogP contribution in [0.5, 0.6) is 0 Å². The Morgan fingerprint density at radius 2 is 1.92 bits per heavy atom. The molecule has 2 atom stereocenters. The second-order valence-electron chi connectivity index (χ2n) is 10.9. The van der Waals surface area contributed by atoms with E-state index in [-0.39, 0.29) is 52.6 Å². The maximum Gasteiger partial charge on any atom is 0.253 e. The molecule has 0 aromatic carbocycles. The minimum Gasteiger partial charge on any atom is -0.349 e. The standard InChI is InChI=1S/C27H23F2N5O3S/c1-12-6-13(10-30)32-21(18(12)23(35)33-14-8-27(28,29)9-14)16-4-5-31-17-7-15(38-22(16)17)11-34-24(36)19-20(25(34)37)26(19,2)3/h4-7,14,19-20H,8-9,11H2,1-3H3,(H,33,35). The first-order valence-electron chi connectivity index (χ1n) is 12.2. The highest BCUT2D eigenvalue weighted by Crippen LogP contribution is 2.63. The quantitative estimate of drug-likeness (QED) is 0.490. The molecule has 1 aliphatic heterocycles. The van der Waals surface area contributed by atoms with Gasteiger partial charge in [0.25, 0.3) is 11.8 Å². The number of hydrogen-bond acceptors (Lipinski definition) is 7. The molecular weight excluding hydrogens is 512 g/mol. The van der Waals surface area contributed by atoms with Crippen LogP contribution in [0.4, 0.5) is 8.78 Å². The lowest BCUT2D eigenvalue weighted by molar-refractivity contribution is -0.143. The van der Waals surface area contributed by atoms with E-state index >= 15 is 0 Å². The number of nitriles is 1. The summed E-state index contributed by atoms with van der Waals surface area (Å²) in [4.78, 5) is 49.8. The number of likely N-dealkylation sites (tertiary alicyclic amines) is 1. The zero-order valence-corrected chi connectivity index (χ0v) is 21.7. The van der Waals surface area contributed by atoms with Crippen LogP contribution >= 0.6 is 11.3 Å². The van der Waals surface area contributed by atoms with E-state index in [2.05, 4.69) is 15.3 Å². The van der Waals surface area contributed by atoms with Crippen molar-refractivity contribution in [1.29, 1.82) is 5.26 Å². The van der Waals surface area contributed by atoms with Crippen LogP contribution in [-0.2, 0) is 16.1 Å². The van der Waals surface area contributed by atoms with Gasteiger partial charge in [0.15, 0.2) is 0 Å². The van der Waals surface area contributed by atoms with Crippen LogP contribution in [0.1, 0.15) is 53.2 Å². The van der Waals surface area contributed by atoms with Gasteiger partial charge in [-0.05, 0) is 36.1 Å². The van der Waals surface area contributed by atoms with Crippen LogP contribution in [0.3, 0.4) is 0 Å². The first kappa shape index (κ1) is 24.6. The normalized spacial score (nSPS) is 23.2. The molecule has 2 unspecified atom stereocenters. The third kappa shape index (κ3) is 3.69. The lowest BCUT2D eigenvalue weighted by atomic mass is 9.87. The van der Waals surface area contributed by atoms with E-state index in [0.29, 0.717) is 21.3 Å². The topological polar surface area (TPSA) is 116 Å². The summed E-state index contributed by atoms with van der Waals surface area (Å²) in [6.07, 6.45) is 0.719. The van der Waals surface area contributed by atoms with Crippen LogP contribution in [0.25, 0.3) is 21.5 Å². The molecule has 194 valence electrons. The third-order valence-electron chi connectivity index (χ3n) is 7.91. The van der Waals surface area contributed by atoms with Gasteiger partial charge in [0.05, 0.1) is 39.9 Å². The second-order valence-corrected chi connectivity index (χ2v) is 12.1. The van der Waals surface area contributed by atoms with E-state index in [1.54, 1.807) is 25.3 Å². The average Bonchev–Trinajstić information content (AvgIpc) is 3.08. The predicted molar refractivity (Wildman–Crippen MR) is 134 cm³/mol. The summed E-state index contributed by atoms with van der Waals surface area (Å²) in [5.74, 6) is -4.17. The number of nitrogens with zero attached hydrogens (tertiary/aromatic N) is 4. The van der Waals surface area contributed by atoms with E-state index in [1.807, 2.05) is 19.9 Å². The Morgan fingerprint density at radius 3 is 2.55 bits per heavy atom. The fourth-order valence-corrected chi connectivity index (χ4v) is 6.92. The first-order chi connectivity index (χ1) is 17.9. The highest BCUT2D eigenvalue weighted by molar-refractivity contribution is 7.19. The second kappa shape index (κ2) is 8.11. The number of imide groups is 1. The van der Waals surface area contributed by atoms with E-state index in [0.717, 1.165) is 4.88 Å². The van der Waals surface area contributed by atoms with Gasteiger partial charge in [-0.1, -0.05) is 13.8 Å². The van der Waals surface area contributed by atoms with Crippen LogP contribution in [0, 0.1) is 35.5 Å². The number of amides is 3.